The number of benzene rings is 1. The number of aryl methyl sites for hydroxylation is 1. The van der Waals surface area contributed by atoms with Gasteiger partial charge in [-0.25, -0.2) is 4.98 Å². The van der Waals surface area contributed by atoms with E-state index in [1.54, 1.807) is 10.7 Å². The first-order valence-electron chi connectivity index (χ1n) is 7.86. The number of hydrogen-bond donors (Lipinski definition) is 3. The van der Waals surface area contributed by atoms with Crippen LogP contribution in [0.5, 0.6) is 0 Å². The quantitative estimate of drug-likeness (QED) is 0.639. The Morgan fingerprint density at radius 1 is 1.25 bits per heavy atom. The highest BCUT2D eigenvalue weighted by Crippen LogP contribution is 2.24. The van der Waals surface area contributed by atoms with E-state index in [4.69, 9.17) is 0 Å². The maximum Gasteiger partial charge on any atom is 0.256 e. The molecule has 1 amide bonds. The fourth-order valence-corrected chi connectivity index (χ4v) is 3.01. The molecule has 1 aliphatic heterocycles. The molecule has 0 spiro atoms. The van der Waals surface area contributed by atoms with Crippen molar-refractivity contribution in [2.75, 3.05) is 24.2 Å². The SMILES string of the molecule is CNc1cc2nc3c(cnn13)C(=O)NCCc1cc(C)cc(c1)N2. The van der Waals surface area contributed by atoms with Gasteiger partial charge in [-0.15, -0.1) is 0 Å². The van der Waals surface area contributed by atoms with Crippen LogP contribution in [-0.4, -0.2) is 34.1 Å². The van der Waals surface area contributed by atoms with E-state index in [2.05, 4.69) is 51.2 Å². The Morgan fingerprint density at radius 3 is 2.96 bits per heavy atom. The number of hydrogen-bond acceptors (Lipinski definition) is 5. The highest BCUT2D eigenvalue weighted by Gasteiger charge is 2.17. The maximum absolute atomic E-state index is 12.5. The molecule has 4 bridgehead atoms. The Morgan fingerprint density at radius 2 is 2.12 bits per heavy atom. The Kier molecular flexibility index (Phi) is 3.34. The van der Waals surface area contributed by atoms with E-state index in [1.165, 1.54) is 11.1 Å². The van der Waals surface area contributed by atoms with Gasteiger partial charge < -0.3 is 16.0 Å². The third-order valence-electron chi connectivity index (χ3n) is 4.08. The van der Waals surface area contributed by atoms with Crippen molar-refractivity contribution < 1.29 is 4.79 Å². The molecule has 7 heteroatoms. The monoisotopic (exact) mass is 322 g/mol. The van der Waals surface area contributed by atoms with Gasteiger partial charge in [-0.1, -0.05) is 6.07 Å². The molecule has 3 heterocycles. The molecule has 7 nitrogen and oxygen atoms in total. The summed E-state index contributed by atoms with van der Waals surface area (Å²) in [6, 6.07) is 8.17. The predicted molar refractivity (Wildman–Crippen MR) is 93.0 cm³/mol. The zero-order valence-electron chi connectivity index (χ0n) is 13.6. The van der Waals surface area contributed by atoms with Gasteiger partial charge in [-0.3, -0.25) is 4.79 Å². The minimum Gasteiger partial charge on any atom is -0.373 e. The van der Waals surface area contributed by atoms with Gasteiger partial charge >= 0.3 is 0 Å². The average Bonchev–Trinajstić information content (AvgIpc) is 2.96. The maximum atomic E-state index is 12.5. The number of nitrogens with zero attached hydrogens (tertiary/aromatic N) is 3. The Bertz CT molecular complexity index is 946. The summed E-state index contributed by atoms with van der Waals surface area (Å²) in [6.45, 7) is 2.63. The molecule has 24 heavy (non-hydrogen) atoms. The Hall–Kier alpha value is -3.09. The van der Waals surface area contributed by atoms with Crippen molar-refractivity contribution in [2.24, 2.45) is 0 Å². The van der Waals surface area contributed by atoms with Crippen molar-refractivity contribution in [3.63, 3.8) is 0 Å². The second-order valence-corrected chi connectivity index (χ2v) is 5.91. The van der Waals surface area contributed by atoms with Crippen LogP contribution in [0.25, 0.3) is 5.65 Å². The second-order valence-electron chi connectivity index (χ2n) is 5.91. The first kappa shape index (κ1) is 14.5. The molecule has 3 N–H and O–H groups in total. The van der Waals surface area contributed by atoms with Crippen molar-refractivity contribution in [2.45, 2.75) is 13.3 Å². The van der Waals surface area contributed by atoms with E-state index >= 15 is 0 Å². The zero-order valence-corrected chi connectivity index (χ0v) is 13.6. The number of nitrogens with one attached hydrogen (secondary N) is 3. The largest absolute Gasteiger partial charge is 0.373 e. The molecule has 0 unspecified atom stereocenters. The summed E-state index contributed by atoms with van der Waals surface area (Å²) < 4.78 is 1.63. The standard InChI is InChI=1S/C17H18N6O/c1-10-5-11-3-4-19-17(24)13-9-20-23-15(18-2)8-14(22-16(13)23)21-12(6-10)7-11/h5-9,18H,3-4H2,1-2H3,(H,19,24)(H,21,22). The van der Waals surface area contributed by atoms with Crippen LogP contribution in [0.4, 0.5) is 17.3 Å². The van der Waals surface area contributed by atoms with E-state index in [9.17, 15) is 4.79 Å². The summed E-state index contributed by atoms with van der Waals surface area (Å²) in [5.41, 5.74) is 4.31. The average molecular weight is 322 g/mol. The van der Waals surface area contributed by atoms with Gasteiger partial charge in [0.1, 0.15) is 17.2 Å². The predicted octanol–water partition coefficient (Wildman–Crippen LogP) is 2.11. The minimum absolute atomic E-state index is 0.162. The number of carbonyl (C=O) groups is 1. The summed E-state index contributed by atoms with van der Waals surface area (Å²) in [5.74, 6) is 1.26. The number of fused-ring (bicyclic) bond motifs is 3. The third kappa shape index (κ3) is 2.44. The lowest BCUT2D eigenvalue weighted by Crippen LogP contribution is -2.26. The van der Waals surface area contributed by atoms with Crippen molar-refractivity contribution in [1.82, 2.24) is 19.9 Å². The summed E-state index contributed by atoms with van der Waals surface area (Å²) >= 11 is 0. The third-order valence-corrected chi connectivity index (χ3v) is 4.08. The lowest BCUT2D eigenvalue weighted by molar-refractivity contribution is 0.0955. The van der Waals surface area contributed by atoms with Crippen molar-refractivity contribution >= 4 is 28.9 Å². The van der Waals surface area contributed by atoms with Gasteiger partial charge in [0.25, 0.3) is 5.91 Å². The van der Waals surface area contributed by atoms with Crippen LogP contribution in [0.1, 0.15) is 21.5 Å². The van der Waals surface area contributed by atoms with Crippen LogP contribution in [-0.2, 0) is 6.42 Å². The molecule has 0 atom stereocenters. The van der Waals surface area contributed by atoms with Crippen molar-refractivity contribution in [1.29, 1.82) is 0 Å². The van der Waals surface area contributed by atoms with Gasteiger partial charge in [0, 0.05) is 25.3 Å². The van der Waals surface area contributed by atoms with Crippen LogP contribution >= 0.6 is 0 Å². The lowest BCUT2D eigenvalue weighted by atomic mass is 10.1. The summed E-state index contributed by atoms with van der Waals surface area (Å²) in [5, 5.41) is 13.7. The molecule has 1 aromatic carbocycles. The summed E-state index contributed by atoms with van der Waals surface area (Å²) in [7, 11) is 1.81. The van der Waals surface area contributed by atoms with E-state index in [-0.39, 0.29) is 5.91 Å². The molecule has 0 fully saturated rings. The number of aromatic nitrogens is 3. The molecule has 1 aliphatic rings. The van der Waals surface area contributed by atoms with Crippen molar-refractivity contribution in [3.8, 4) is 0 Å². The first-order valence-corrected chi connectivity index (χ1v) is 7.86. The van der Waals surface area contributed by atoms with Gasteiger partial charge in [-0.2, -0.15) is 9.61 Å². The molecule has 0 aliphatic carbocycles. The van der Waals surface area contributed by atoms with Gasteiger partial charge in [0.15, 0.2) is 5.65 Å². The number of anilines is 3. The molecule has 0 saturated carbocycles. The molecule has 3 aromatic rings. The Labute approximate surface area is 139 Å². The normalized spacial score (nSPS) is 13.8. The highest BCUT2D eigenvalue weighted by molar-refractivity contribution is 6.00. The zero-order chi connectivity index (χ0) is 16.7. The van der Waals surface area contributed by atoms with Crippen LogP contribution in [0, 0.1) is 6.92 Å². The fourth-order valence-electron chi connectivity index (χ4n) is 3.01. The molecule has 0 radical (unpaired) electrons. The summed E-state index contributed by atoms with van der Waals surface area (Å²) in [6.07, 6.45) is 2.33. The topological polar surface area (TPSA) is 83.3 Å². The van der Waals surface area contributed by atoms with Crippen LogP contribution in [0.3, 0.4) is 0 Å². The van der Waals surface area contributed by atoms with Crippen LogP contribution in [0.15, 0.2) is 30.5 Å². The van der Waals surface area contributed by atoms with E-state index < -0.39 is 0 Å². The first-order chi connectivity index (χ1) is 11.6. The second kappa shape index (κ2) is 5.52. The molecule has 2 aromatic heterocycles. The molecule has 0 saturated heterocycles. The van der Waals surface area contributed by atoms with Crippen LogP contribution < -0.4 is 16.0 Å². The summed E-state index contributed by atoms with van der Waals surface area (Å²) in [4.78, 5) is 17.0. The Balaban J connectivity index is 1.92. The number of amides is 1. The number of rotatable bonds is 1. The van der Waals surface area contributed by atoms with E-state index in [0.717, 1.165) is 17.9 Å². The van der Waals surface area contributed by atoms with E-state index in [0.29, 0.717) is 23.6 Å². The number of carbonyl (C=O) groups excluding carboxylic acids is 1. The molecule has 122 valence electrons. The smallest absolute Gasteiger partial charge is 0.256 e. The molecular formula is C17H18N6O. The van der Waals surface area contributed by atoms with Gasteiger partial charge in [0.2, 0.25) is 0 Å². The van der Waals surface area contributed by atoms with Gasteiger partial charge in [0.05, 0.1) is 6.20 Å². The van der Waals surface area contributed by atoms with Crippen molar-refractivity contribution in [3.05, 3.63) is 47.2 Å². The fraction of sp³-hybridized carbons (Fsp3) is 0.235. The van der Waals surface area contributed by atoms with Gasteiger partial charge in [-0.05, 0) is 36.6 Å². The molecular weight excluding hydrogens is 304 g/mol. The lowest BCUT2D eigenvalue weighted by Gasteiger charge is -2.13. The minimum atomic E-state index is -0.162. The van der Waals surface area contributed by atoms with E-state index in [1.807, 2.05) is 13.1 Å². The molecule has 4 rings (SSSR count). The highest BCUT2D eigenvalue weighted by atomic mass is 16.1. The van der Waals surface area contributed by atoms with Crippen LogP contribution in [0.2, 0.25) is 0 Å².